The summed E-state index contributed by atoms with van der Waals surface area (Å²) in [4.78, 5) is 123. The third-order valence-corrected chi connectivity index (χ3v) is 20.7. The van der Waals surface area contributed by atoms with E-state index in [2.05, 4.69) is 95.7 Å². The van der Waals surface area contributed by atoms with Crippen LogP contribution in [-0.2, 0) is 91.6 Å². The van der Waals surface area contributed by atoms with Gasteiger partial charge in [-0.1, -0.05) is 185 Å². The molecule has 0 heterocycles. The Morgan fingerprint density at radius 2 is 0.447 bits per heavy atom. The van der Waals surface area contributed by atoms with Gasteiger partial charge in [-0.2, -0.15) is 0 Å². The lowest BCUT2D eigenvalue weighted by atomic mass is 10.1. The molecule has 8 aromatic rings. The van der Waals surface area contributed by atoms with Crippen LogP contribution >= 0.6 is 100 Å². The molecule has 0 fully saturated rings. The van der Waals surface area contributed by atoms with Crippen molar-refractivity contribution in [2.45, 2.75) is 203 Å². The Bertz CT molecular complexity index is 4820. The van der Waals surface area contributed by atoms with Gasteiger partial charge < -0.3 is 38.7 Å². The molecule has 132 heavy (non-hydrogen) atoms. The Kier molecular flexibility index (Phi) is 57.5. The number of nitro groups is 8. The highest BCUT2D eigenvalue weighted by Gasteiger charge is 2.24. The Morgan fingerprint density at radius 1 is 0.273 bits per heavy atom. The van der Waals surface area contributed by atoms with E-state index in [0.717, 1.165) is 89.6 Å². The van der Waals surface area contributed by atoms with Crippen LogP contribution in [0.4, 0.5) is 45.5 Å². The van der Waals surface area contributed by atoms with Gasteiger partial charge in [-0.05, 0) is 215 Å². The number of halogens is 6. The van der Waals surface area contributed by atoms with E-state index in [9.17, 15) is 80.9 Å². The minimum Gasteiger partial charge on any atom is -0.391 e. The first-order chi connectivity index (χ1) is 62.3. The summed E-state index contributed by atoms with van der Waals surface area (Å²) in [5.41, 5.74) is 12.2. The van der Waals surface area contributed by atoms with Crippen molar-refractivity contribution in [2.24, 2.45) is 41.2 Å². The van der Waals surface area contributed by atoms with E-state index in [1.165, 1.54) is 60.7 Å². The van der Waals surface area contributed by atoms with E-state index < -0.39 is 39.4 Å². The second-order valence-electron chi connectivity index (χ2n) is 27.7. The molecule has 0 bridgehead atoms. The van der Waals surface area contributed by atoms with Crippen LogP contribution in [0.15, 0.2) is 196 Å². The van der Waals surface area contributed by atoms with Gasteiger partial charge in [0.2, 0.25) is 0 Å². The van der Waals surface area contributed by atoms with Gasteiger partial charge >= 0.3 is 0 Å². The number of nitrogens with zero attached hydrogens (tertiary/aromatic N) is 16. The average Bonchev–Trinajstić information content (AvgIpc) is 0.895. The number of benzene rings is 8. The van der Waals surface area contributed by atoms with Crippen molar-refractivity contribution in [3.05, 3.63) is 308 Å². The molecule has 0 saturated carbocycles. The third kappa shape index (κ3) is 45.5. The Morgan fingerprint density at radius 3 is 0.674 bits per heavy atom. The number of hydrogen-bond donors (Lipinski definition) is 0. The summed E-state index contributed by atoms with van der Waals surface area (Å²) in [7, 11) is 0. The smallest absolute Gasteiger partial charge is 0.277 e. The second kappa shape index (κ2) is 64.5. The zero-order valence-electron chi connectivity index (χ0n) is 75.6. The molecule has 0 N–H and O–H groups in total. The quantitative estimate of drug-likeness (QED) is 0.0152. The van der Waals surface area contributed by atoms with Gasteiger partial charge in [0.25, 0.3) is 45.5 Å². The standard InChI is InChI=1S/C12H16N2O3.C11H13BrN2O3.C11H13ClN2O3.C11H13IN2O3.C11H14N2O3.C10H11BrN2O3.C10H11ClN2O3.C10H11IN2O3/c1-4-10(3)13-17-8-11-9(2)6-5-7-12(11)14(15)16;3*1-3-8(2)13-17-7-9-10(12)5-4-6-11(9)14(15)16;1-8(2)12-16-7-10-9(3)5-4-6-11(10)13(14)15;3*1-7(2)12-16-6-8-9(11)4-3-5-10(8)13(14)15/h5-7H,4,8H2,1-3H3;3*4-6H,3,7H2,1-2H3;4-6H,7H2,1-3H3;3*3-5H,6H2,1-2H3. The molecule has 40 nitrogen and oxygen atoms in total. The van der Waals surface area contributed by atoms with Crippen LogP contribution in [0, 0.1) is 102 Å². The molecule has 0 radical (unpaired) electrons. The van der Waals surface area contributed by atoms with Crippen LogP contribution in [0.5, 0.6) is 0 Å². The summed E-state index contributed by atoms with van der Waals surface area (Å²) >= 11 is 22.4. The molecule has 0 unspecified atom stereocenters. The predicted octanol–water partition coefficient (Wildman–Crippen LogP) is 26.3. The van der Waals surface area contributed by atoms with Crippen LogP contribution in [0.25, 0.3) is 0 Å². The summed E-state index contributed by atoms with van der Waals surface area (Å²) in [6.45, 7) is 33.7. The molecular formula is C86H102Br2Cl2I2N16O24. The largest absolute Gasteiger partial charge is 0.391 e. The molecule has 0 aromatic heterocycles. The molecule has 0 spiro atoms. The van der Waals surface area contributed by atoms with Gasteiger partial charge in [0, 0.05) is 64.6 Å². The Labute approximate surface area is 816 Å². The van der Waals surface area contributed by atoms with E-state index in [-0.39, 0.29) is 98.4 Å². The summed E-state index contributed by atoms with van der Waals surface area (Å²) in [5.74, 6) is 0. The SMILES string of the molecule is CC(C)=NOCc1c(Br)cccc1[N+](=O)[O-].CC(C)=NOCc1c(C)cccc1[N+](=O)[O-].CC(C)=NOCc1c(Cl)cccc1[N+](=O)[O-].CC(C)=NOCc1c(I)cccc1[N+](=O)[O-].CCC(C)=NOCc1c(Br)cccc1[N+](=O)[O-].CCC(C)=NOCc1c(C)cccc1[N+](=O)[O-].CCC(C)=NOCc1c(Cl)cccc1[N+](=O)[O-].CCC(C)=NOCc1c(I)cccc1[N+](=O)[O-]. The van der Waals surface area contributed by atoms with E-state index in [0.29, 0.717) is 63.5 Å². The minimum atomic E-state index is -0.493. The number of nitro benzene ring substituents is 8. The second-order valence-corrected chi connectivity index (χ2v) is 32.5. The van der Waals surface area contributed by atoms with E-state index >= 15 is 0 Å². The first-order valence-electron chi connectivity index (χ1n) is 39.4. The number of rotatable bonds is 36. The average molecular weight is 2230 g/mol. The van der Waals surface area contributed by atoms with Gasteiger partial charge in [0.05, 0.1) is 140 Å². The first kappa shape index (κ1) is 118. The number of hydrogen-bond acceptors (Lipinski definition) is 32. The first-order valence-corrected chi connectivity index (χ1v) is 43.9. The van der Waals surface area contributed by atoms with E-state index in [1.54, 1.807) is 122 Å². The molecule has 0 aliphatic heterocycles. The van der Waals surface area contributed by atoms with Gasteiger partial charge in [0.15, 0.2) is 0 Å². The van der Waals surface area contributed by atoms with E-state index in [1.807, 2.05) is 110 Å². The van der Waals surface area contributed by atoms with Crippen LogP contribution in [0.1, 0.15) is 192 Å². The molecule has 0 amide bonds. The van der Waals surface area contributed by atoms with Crippen molar-refractivity contribution in [1.82, 2.24) is 0 Å². The maximum Gasteiger partial charge on any atom is 0.277 e. The molecule has 8 aromatic carbocycles. The maximum atomic E-state index is 10.8. The van der Waals surface area contributed by atoms with Crippen LogP contribution in [0.3, 0.4) is 0 Å². The zero-order chi connectivity index (χ0) is 99.9. The van der Waals surface area contributed by atoms with Crippen LogP contribution in [-0.4, -0.2) is 85.1 Å². The van der Waals surface area contributed by atoms with Crippen LogP contribution < -0.4 is 0 Å². The van der Waals surface area contributed by atoms with Crippen LogP contribution in [0.2, 0.25) is 10.0 Å². The molecule has 8 rings (SSSR count). The topological polar surface area (TPSA) is 518 Å². The van der Waals surface area contributed by atoms with Gasteiger partial charge in [-0.25, -0.2) is 0 Å². The molecule has 46 heteroatoms. The van der Waals surface area contributed by atoms with Gasteiger partial charge in [-0.3, -0.25) is 80.9 Å². The number of oxime groups is 8. The lowest BCUT2D eigenvalue weighted by molar-refractivity contribution is -0.386. The minimum absolute atomic E-state index is 0.00662. The Hall–Kier alpha value is -12.3. The summed E-state index contributed by atoms with van der Waals surface area (Å²) < 4.78 is 2.90. The maximum absolute atomic E-state index is 10.8. The summed E-state index contributed by atoms with van der Waals surface area (Å²) in [6.07, 6.45) is 3.16. The van der Waals surface area contributed by atoms with Gasteiger partial charge in [0.1, 0.15) is 52.9 Å². The summed E-state index contributed by atoms with van der Waals surface area (Å²) in [5, 5.41) is 117. The lowest BCUT2D eigenvalue weighted by Crippen LogP contribution is -2.00. The normalized spacial score (nSPS) is 10.5. The number of aryl methyl sites for hydroxylation is 2. The fourth-order valence-corrected chi connectivity index (χ4v) is 11.9. The van der Waals surface area contributed by atoms with Crippen molar-refractivity contribution < 1.29 is 78.1 Å². The molecular weight excluding hydrogens is 2130 g/mol. The zero-order valence-corrected chi connectivity index (χ0v) is 84.6. The monoisotopic (exact) mass is 2220 g/mol. The molecule has 0 saturated heterocycles. The molecule has 712 valence electrons. The fourth-order valence-electron chi connectivity index (χ4n) is 9.25. The highest BCUT2D eigenvalue weighted by molar-refractivity contribution is 14.1. The Balaban J connectivity index is 0.000000754. The van der Waals surface area contributed by atoms with Crippen molar-refractivity contribution >= 4 is 191 Å². The van der Waals surface area contributed by atoms with E-state index in [4.69, 9.17) is 61.9 Å². The van der Waals surface area contributed by atoms with Gasteiger partial charge in [-0.15, -0.1) is 0 Å². The molecule has 0 aliphatic rings. The predicted molar refractivity (Wildman–Crippen MR) is 532 cm³/mol. The van der Waals surface area contributed by atoms with Crippen molar-refractivity contribution in [3.8, 4) is 0 Å². The third-order valence-electron chi connectivity index (χ3n) is 16.5. The highest BCUT2D eigenvalue weighted by atomic mass is 127. The molecule has 0 aliphatic carbocycles. The van der Waals surface area contributed by atoms with Crippen molar-refractivity contribution in [2.75, 3.05) is 0 Å². The fraction of sp³-hybridized carbons (Fsp3) is 0.349. The van der Waals surface area contributed by atoms with Crippen molar-refractivity contribution in [3.63, 3.8) is 0 Å². The van der Waals surface area contributed by atoms with Crippen molar-refractivity contribution in [1.29, 1.82) is 0 Å². The molecule has 0 atom stereocenters. The lowest BCUT2D eigenvalue weighted by Gasteiger charge is -2.05. The summed E-state index contributed by atoms with van der Waals surface area (Å²) in [6, 6.07) is 38.3. The highest BCUT2D eigenvalue weighted by Crippen LogP contribution is 2.33.